The molecule has 0 aliphatic carbocycles. The molecule has 0 spiro atoms. The van der Waals surface area contributed by atoms with Crippen molar-refractivity contribution in [2.75, 3.05) is 6.61 Å². The average molecular weight is 268 g/mol. The summed E-state index contributed by atoms with van der Waals surface area (Å²) in [5.41, 5.74) is 3.22. The van der Waals surface area contributed by atoms with Gasteiger partial charge in [0, 0.05) is 6.61 Å². The lowest BCUT2D eigenvalue weighted by Gasteiger charge is -2.15. The summed E-state index contributed by atoms with van der Waals surface area (Å²) in [6.45, 7) is 0.516. The second-order valence-corrected chi connectivity index (χ2v) is 5.01. The monoisotopic (exact) mass is 268 g/mol. The van der Waals surface area contributed by atoms with Gasteiger partial charge in [-0.3, -0.25) is 4.79 Å². The molecular formula is C17H16O3. The van der Waals surface area contributed by atoms with Crippen molar-refractivity contribution in [3.05, 3.63) is 60.2 Å². The first kappa shape index (κ1) is 12.9. The van der Waals surface area contributed by atoms with Crippen LogP contribution in [0, 0.1) is 5.92 Å². The van der Waals surface area contributed by atoms with Crippen molar-refractivity contribution in [3.8, 4) is 11.1 Å². The van der Waals surface area contributed by atoms with Crippen molar-refractivity contribution < 1.29 is 14.6 Å². The first-order chi connectivity index (χ1) is 9.75. The van der Waals surface area contributed by atoms with E-state index in [1.165, 1.54) is 0 Å². The second-order valence-electron chi connectivity index (χ2n) is 5.01. The Kier molecular flexibility index (Phi) is 3.52. The van der Waals surface area contributed by atoms with Gasteiger partial charge < -0.3 is 9.84 Å². The van der Waals surface area contributed by atoms with Crippen LogP contribution in [0.3, 0.4) is 0 Å². The molecule has 20 heavy (non-hydrogen) atoms. The summed E-state index contributed by atoms with van der Waals surface area (Å²) >= 11 is 0. The molecule has 1 aliphatic heterocycles. The van der Waals surface area contributed by atoms with Gasteiger partial charge in [-0.05, 0) is 23.1 Å². The third kappa shape index (κ3) is 2.45. The molecule has 0 bridgehead atoms. The molecule has 0 radical (unpaired) electrons. The quantitative estimate of drug-likeness (QED) is 0.926. The highest BCUT2D eigenvalue weighted by molar-refractivity contribution is 5.71. The Morgan fingerprint density at radius 2 is 1.65 bits per heavy atom. The Bertz CT molecular complexity index is 589. The van der Waals surface area contributed by atoms with E-state index < -0.39 is 11.9 Å². The number of ether oxygens (including phenoxy) is 1. The summed E-state index contributed by atoms with van der Waals surface area (Å²) in [6.07, 6.45) is 0.262. The van der Waals surface area contributed by atoms with Crippen LogP contribution in [0.25, 0.3) is 11.1 Å². The third-order valence-electron chi connectivity index (χ3n) is 3.76. The molecule has 3 nitrogen and oxygen atoms in total. The van der Waals surface area contributed by atoms with E-state index in [4.69, 9.17) is 4.74 Å². The summed E-state index contributed by atoms with van der Waals surface area (Å²) in [4.78, 5) is 11.2. The Labute approximate surface area is 117 Å². The number of benzene rings is 2. The van der Waals surface area contributed by atoms with Crippen molar-refractivity contribution in [3.63, 3.8) is 0 Å². The van der Waals surface area contributed by atoms with E-state index in [2.05, 4.69) is 12.1 Å². The number of carboxylic acids is 1. The molecule has 1 saturated heterocycles. The normalized spacial score (nSPS) is 21.8. The maximum atomic E-state index is 11.2. The highest BCUT2D eigenvalue weighted by Gasteiger charge is 2.34. The molecular weight excluding hydrogens is 252 g/mol. The standard InChI is InChI=1S/C17H16O3/c18-17(19)15-10-11-20-16(15)14-8-6-13(7-9-14)12-4-2-1-3-5-12/h1-9,15-16H,10-11H2,(H,18,19). The van der Waals surface area contributed by atoms with Crippen LogP contribution in [0.2, 0.25) is 0 Å². The highest BCUT2D eigenvalue weighted by Crippen LogP contribution is 2.35. The van der Waals surface area contributed by atoms with Crippen molar-refractivity contribution in [1.82, 2.24) is 0 Å². The fourth-order valence-corrected chi connectivity index (χ4v) is 2.67. The molecule has 2 aromatic carbocycles. The predicted molar refractivity (Wildman–Crippen MR) is 76.3 cm³/mol. The molecule has 1 aliphatic rings. The van der Waals surface area contributed by atoms with Gasteiger partial charge in [0.25, 0.3) is 0 Å². The Morgan fingerprint density at radius 3 is 2.30 bits per heavy atom. The molecule has 0 aromatic heterocycles. The van der Waals surface area contributed by atoms with E-state index in [1.54, 1.807) is 0 Å². The topological polar surface area (TPSA) is 46.5 Å². The number of carbonyl (C=O) groups is 1. The van der Waals surface area contributed by atoms with E-state index in [9.17, 15) is 9.90 Å². The van der Waals surface area contributed by atoms with Crippen molar-refractivity contribution in [2.24, 2.45) is 5.92 Å². The Balaban J connectivity index is 1.85. The van der Waals surface area contributed by atoms with Gasteiger partial charge in [0.15, 0.2) is 0 Å². The molecule has 0 saturated carbocycles. The average Bonchev–Trinajstić information content (AvgIpc) is 2.98. The summed E-state index contributed by atoms with van der Waals surface area (Å²) in [5, 5.41) is 9.20. The second kappa shape index (κ2) is 5.47. The molecule has 1 heterocycles. The van der Waals surface area contributed by atoms with E-state index in [0.29, 0.717) is 13.0 Å². The van der Waals surface area contributed by atoms with Crippen LogP contribution in [-0.2, 0) is 9.53 Å². The summed E-state index contributed by atoms with van der Waals surface area (Å²) in [6, 6.07) is 18.1. The maximum Gasteiger partial charge on any atom is 0.309 e. The number of hydrogen-bond acceptors (Lipinski definition) is 2. The van der Waals surface area contributed by atoms with Gasteiger partial charge in [0.1, 0.15) is 0 Å². The van der Waals surface area contributed by atoms with Gasteiger partial charge in [0.05, 0.1) is 12.0 Å². The first-order valence-electron chi connectivity index (χ1n) is 6.75. The number of hydrogen-bond donors (Lipinski definition) is 1. The first-order valence-corrected chi connectivity index (χ1v) is 6.75. The summed E-state index contributed by atoms with van der Waals surface area (Å²) < 4.78 is 5.58. The molecule has 2 aromatic rings. The Morgan fingerprint density at radius 1 is 1.00 bits per heavy atom. The number of rotatable bonds is 3. The summed E-state index contributed by atoms with van der Waals surface area (Å²) in [7, 11) is 0. The minimum Gasteiger partial charge on any atom is -0.481 e. The van der Waals surface area contributed by atoms with Crippen molar-refractivity contribution in [1.29, 1.82) is 0 Å². The van der Waals surface area contributed by atoms with Gasteiger partial charge >= 0.3 is 5.97 Å². The number of aliphatic carboxylic acids is 1. The van der Waals surface area contributed by atoms with Gasteiger partial charge in [0.2, 0.25) is 0 Å². The van der Waals surface area contributed by atoms with Crippen LogP contribution >= 0.6 is 0 Å². The van der Waals surface area contributed by atoms with Crippen LogP contribution in [0.5, 0.6) is 0 Å². The van der Waals surface area contributed by atoms with E-state index in [1.807, 2.05) is 42.5 Å². The molecule has 1 fully saturated rings. The SMILES string of the molecule is O=C(O)C1CCOC1c1ccc(-c2ccccc2)cc1. The zero-order valence-corrected chi connectivity index (χ0v) is 11.0. The molecule has 2 unspecified atom stereocenters. The van der Waals surface area contributed by atoms with Gasteiger partial charge in [-0.2, -0.15) is 0 Å². The molecule has 1 N–H and O–H groups in total. The summed E-state index contributed by atoms with van der Waals surface area (Å²) in [5.74, 6) is -1.21. The smallest absolute Gasteiger partial charge is 0.309 e. The van der Waals surface area contributed by atoms with Crippen molar-refractivity contribution in [2.45, 2.75) is 12.5 Å². The maximum absolute atomic E-state index is 11.2. The van der Waals surface area contributed by atoms with E-state index in [0.717, 1.165) is 16.7 Å². The largest absolute Gasteiger partial charge is 0.481 e. The molecule has 3 heteroatoms. The van der Waals surface area contributed by atoms with Crippen LogP contribution < -0.4 is 0 Å². The van der Waals surface area contributed by atoms with E-state index >= 15 is 0 Å². The van der Waals surface area contributed by atoms with Gasteiger partial charge in [-0.1, -0.05) is 54.6 Å². The van der Waals surface area contributed by atoms with Gasteiger partial charge in [-0.15, -0.1) is 0 Å². The zero-order valence-electron chi connectivity index (χ0n) is 11.0. The van der Waals surface area contributed by atoms with Gasteiger partial charge in [-0.25, -0.2) is 0 Å². The molecule has 102 valence electrons. The fourth-order valence-electron chi connectivity index (χ4n) is 2.67. The van der Waals surface area contributed by atoms with Crippen LogP contribution in [0.1, 0.15) is 18.1 Å². The molecule has 0 amide bonds. The minimum absolute atomic E-state index is 0.322. The van der Waals surface area contributed by atoms with Crippen LogP contribution in [0.15, 0.2) is 54.6 Å². The van der Waals surface area contributed by atoms with Crippen LogP contribution in [0.4, 0.5) is 0 Å². The minimum atomic E-state index is -0.778. The highest BCUT2D eigenvalue weighted by atomic mass is 16.5. The lowest BCUT2D eigenvalue weighted by Crippen LogP contribution is -2.17. The Hall–Kier alpha value is -2.13. The number of carboxylic acid groups (broad SMARTS) is 1. The lowest BCUT2D eigenvalue weighted by molar-refractivity contribution is -0.143. The van der Waals surface area contributed by atoms with Crippen molar-refractivity contribution >= 4 is 5.97 Å². The molecule has 2 atom stereocenters. The molecule has 3 rings (SSSR count). The van der Waals surface area contributed by atoms with Crippen LogP contribution in [-0.4, -0.2) is 17.7 Å². The predicted octanol–water partition coefficient (Wildman–Crippen LogP) is 3.52. The lowest BCUT2D eigenvalue weighted by atomic mass is 9.94. The fraction of sp³-hybridized carbons (Fsp3) is 0.235. The van der Waals surface area contributed by atoms with E-state index in [-0.39, 0.29) is 6.10 Å². The third-order valence-corrected chi connectivity index (χ3v) is 3.76. The zero-order chi connectivity index (χ0) is 13.9.